The third-order valence-electron chi connectivity index (χ3n) is 0.567. The fraction of sp³-hybridized carbons (Fsp3) is 1.00. The van der Waals surface area contributed by atoms with Crippen LogP contribution in [0.15, 0.2) is 0 Å². The van der Waals surface area contributed by atoms with Gasteiger partial charge in [0.2, 0.25) is 0 Å². The highest BCUT2D eigenvalue weighted by Gasteiger charge is 1.74. The first-order valence-electron chi connectivity index (χ1n) is 2.43. The molecule has 0 bridgehead atoms. The summed E-state index contributed by atoms with van der Waals surface area (Å²) >= 11 is 3.21. The monoisotopic (exact) mass is 166 g/mol. The van der Waals surface area contributed by atoms with Gasteiger partial charge in [-0.15, -0.1) is 0 Å². The summed E-state index contributed by atoms with van der Waals surface area (Å²) in [5.74, 6) is 0. The van der Waals surface area contributed by atoms with Crippen molar-refractivity contribution >= 4 is 15.9 Å². The van der Waals surface area contributed by atoms with Gasteiger partial charge in [0.1, 0.15) is 0 Å². The Bertz CT molecular complexity index is 28.9. The lowest BCUT2D eigenvalue weighted by molar-refractivity contribution is 0.582. The Morgan fingerprint density at radius 1 is 1.43 bits per heavy atom. The highest BCUT2D eigenvalue weighted by molar-refractivity contribution is 9.09. The van der Waals surface area contributed by atoms with Crippen LogP contribution in [0.1, 0.15) is 13.3 Å². The molecule has 0 aromatic rings. The summed E-state index contributed by atoms with van der Waals surface area (Å²) < 4.78 is 0. The predicted octanol–water partition coefficient (Wildman–Crippen LogP) is 0.843. The van der Waals surface area contributed by atoms with Crippen LogP contribution in [0.25, 0.3) is 0 Å². The summed E-state index contributed by atoms with van der Waals surface area (Å²) in [4.78, 5) is 0. The van der Waals surface area contributed by atoms with Crippen molar-refractivity contribution in [2.45, 2.75) is 13.3 Å². The highest BCUT2D eigenvalue weighted by atomic mass is 79.9. The maximum absolute atomic E-state index is 3.21. The topological polar surface area (TPSA) is 24.1 Å². The molecule has 0 aliphatic carbocycles. The second-order valence-corrected chi connectivity index (χ2v) is 1.80. The molecule has 0 fully saturated rings. The van der Waals surface area contributed by atoms with E-state index in [9.17, 15) is 0 Å². The summed E-state index contributed by atoms with van der Waals surface area (Å²) in [6, 6.07) is 0. The van der Waals surface area contributed by atoms with Crippen LogP contribution in [0, 0.1) is 0 Å². The van der Waals surface area contributed by atoms with Crippen LogP contribution in [-0.4, -0.2) is 12.0 Å². The second-order valence-electron chi connectivity index (χ2n) is 1.24. The van der Waals surface area contributed by atoms with Gasteiger partial charge < -0.3 is 0 Å². The number of nitrogens with one attached hydrogen (secondary N) is 2. The first-order valence-corrected chi connectivity index (χ1v) is 3.55. The van der Waals surface area contributed by atoms with Crippen molar-refractivity contribution in [1.82, 2.24) is 10.9 Å². The van der Waals surface area contributed by atoms with Crippen molar-refractivity contribution in [3.8, 4) is 0 Å². The van der Waals surface area contributed by atoms with Crippen molar-refractivity contribution in [1.29, 1.82) is 0 Å². The molecule has 0 unspecified atom stereocenters. The average molecular weight is 167 g/mol. The fourth-order valence-electron chi connectivity index (χ4n) is 0.261. The number of hydrogen-bond acceptors (Lipinski definition) is 2. The van der Waals surface area contributed by atoms with Crippen molar-refractivity contribution in [3.63, 3.8) is 0 Å². The van der Waals surface area contributed by atoms with E-state index >= 15 is 0 Å². The van der Waals surface area contributed by atoms with Crippen LogP contribution >= 0.6 is 15.9 Å². The molecule has 0 aromatic heterocycles. The number of hydrogen-bond donors (Lipinski definition) is 2. The second kappa shape index (κ2) is 6.40. The van der Waals surface area contributed by atoms with Crippen molar-refractivity contribution in [3.05, 3.63) is 0 Å². The molecule has 0 spiro atoms. The molecule has 7 heavy (non-hydrogen) atoms. The smallest absolute Gasteiger partial charge is 0.0654 e. The molecule has 0 atom stereocenters. The van der Waals surface area contributed by atoms with E-state index in [1.807, 2.05) is 0 Å². The Morgan fingerprint density at radius 2 is 2.14 bits per heavy atom. The summed E-state index contributed by atoms with van der Waals surface area (Å²) in [5.41, 5.74) is 6.72. The molecule has 0 saturated carbocycles. The Hall–Kier alpha value is 0.400. The van der Waals surface area contributed by atoms with E-state index < -0.39 is 0 Å². The van der Waals surface area contributed by atoms with Gasteiger partial charge in [0.05, 0.1) is 5.45 Å². The van der Waals surface area contributed by atoms with Gasteiger partial charge in [-0.2, -0.15) is 0 Å². The summed E-state index contributed by atoms with van der Waals surface area (Å²) in [6.07, 6.45) is 1.17. The van der Waals surface area contributed by atoms with Crippen LogP contribution in [0.4, 0.5) is 0 Å². The van der Waals surface area contributed by atoms with E-state index in [0.29, 0.717) is 0 Å². The third-order valence-corrected chi connectivity index (χ3v) is 0.847. The van der Waals surface area contributed by atoms with E-state index in [1.165, 1.54) is 6.42 Å². The van der Waals surface area contributed by atoms with E-state index in [4.69, 9.17) is 0 Å². The SMILES string of the molecule is CCCNNCBr. The summed E-state index contributed by atoms with van der Waals surface area (Å²) in [6.45, 7) is 3.16. The Balaban J connectivity index is 2.45. The van der Waals surface area contributed by atoms with Crippen LogP contribution in [0.5, 0.6) is 0 Å². The van der Waals surface area contributed by atoms with Gasteiger partial charge in [-0.1, -0.05) is 22.9 Å². The third kappa shape index (κ3) is 6.40. The van der Waals surface area contributed by atoms with E-state index in [1.54, 1.807) is 0 Å². The van der Waals surface area contributed by atoms with Gasteiger partial charge in [0.15, 0.2) is 0 Å². The molecule has 0 aliphatic rings. The Kier molecular flexibility index (Phi) is 6.77. The maximum atomic E-state index is 3.21. The summed E-state index contributed by atoms with van der Waals surface area (Å²) in [5, 5.41) is 0. The van der Waals surface area contributed by atoms with Crippen molar-refractivity contribution < 1.29 is 0 Å². The highest BCUT2D eigenvalue weighted by Crippen LogP contribution is 1.69. The quantitative estimate of drug-likeness (QED) is 0.280. The number of alkyl halides is 1. The van der Waals surface area contributed by atoms with Gasteiger partial charge in [0, 0.05) is 6.54 Å². The lowest BCUT2D eigenvalue weighted by atomic mass is 10.5. The van der Waals surface area contributed by atoms with E-state index in [2.05, 4.69) is 33.7 Å². The number of halogens is 1. The zero-order chi connectivity index (χ0) is 5.54. The molecule has 0 radical (unpaired) electrons. The lowest BCUT2D eigenvalue weighted by Gasteiger charge is -1.98. The van der Waals surface area contributed by atoms with Gasteiger partial charge in [-0.3, -0.25) is 5.43 Å². The minimum absolute atomic E-state index is 0.812. The fourth-order valence-corrected chi connectivity index (χ4v) is 0.459. The molecule has 44 valence electrons. The molecule has 2 nitrogen and oxygen atoms in total. The summed E-state index contributed by atoms with van der Waals surface area (Å²) in [7, 11) is 0. The maximum Gasteiger partial charge on any atom is 0.0654 e. The molecule has 2 N–H and O–H groups in total. The molecule has 3 heteroatoms. The van der Waals surface area contributed by atoms with Gasteiger partial charge in [0.25, 0.3) is 0 Å². The molecule has 0 rings (SSSR count). The van der Waals surface area contributed by atoms with Crippen LogP contribution in [0.2, 0.25) is 0 Å². The lowest BCUT2D eigenvalue weighted by Crippen LogP contribution is -2.30. The number of hydrazine groups is 1. The average Bonchev–Trinajstić information content (AvgIpc) is 1.69. The number of rotatable bonds is 4. The zero-order valence-electron chi connectivity index (χ0n) is 4.50. The molecule has 0 aromatic carbocycles. The van der Waals surface area contributed by atoms with Crippen molar-refractivity contribution in [2.75, 3.05) is 12.0 Å². The first-order chi connectivity index (χ1) is 3.41. The van der Waals surface area contributed by atoms with E-state index in [-0.39, 0.29) is 0 Å². The Morgan fingerprint density at radius 3 is 2.57 bits per heavy atom. The first kappa shape index (κ1) is 7.40. The normalized spacial score (nSPS) is 9.43. The minimum Gasteiger partial charge on any atom is -0.257 e. The van der Waals surface area contributed by atoms with Gasteiger partial charge >= 0.3 is 0 Å². The van der Waals surface area contributed by atoms with E-state index in [0.717, 1.165) is 12.0 Å². The Labute approximate surface area is 52.8 Å². The predicted molar refractivity (Wildman–Crippen MR) is 35.2 cm³/mol. The van der Waals surface area contributed by atoms with Crippen LogP contribution in [0.3, 0.4) is 0 Å². The minimum atomic E-state index is 0.812. The standard InChI is InChI=1S/C4H11BrN2/c1-2-3-6-7-4-5/h6-7H,2-4H2,1H3. The molecule has 0 saturated heterocycles. The van der Waals surface area contributed by atoms with Crippen molar-refractivity contribution in [2.24, 2.45) is 0 Å². The van der Waals surface area contributed by atoms with Gasteiger partial charge in [-0.05, 0) is 6.42 Å². The largest absolute Gasteiger partial charge is 0.257 e. The molecule has 0 heterocycles. The molecule has 0 aliphatic heterocycles. The molecule has 0 amide bonds. The molecular formula is C4H11BrN2. The van der Waals surface area contributed by atoms with Gasteiger partial charge in [-0.25, -0.2) is 5.43 Å². The van der Waals surface area contributed by atoms with Crippen LogP contribution < -0.4 is 10.9 Å². The molecular weight excluding hydrogens is 156 g/mol. The zero-order valence-corrected chi connectivity index (χ0v) is 6.09. The van der Waals surface area contributed by atoms with Crippen LogP contribution in [-0.2, 0) is 0 Å².